The first-order chi connectivity index (χ1) is 6.15. The topological polar surface area (TPSA) is 26.3 Å². The molecule has 13 heavy (non-hydrogen) atoms. The first-order valence-electron chi connectivity index (χ1n) is 3.62. The van der Waals surface area contributed by atoms with Crippen LogP contribution >= 0.6 is 11.6 Å². The van der Waals surface area contributed by atoms with Crippen molar-refractivity contribution in [1.29, 1.82) is 0 Å². The van der Waals surface area contributed by atoms with E-state index in [0.717, 1.165) is 7.11 Å². The molecule has 0 spiro atoms. The molecule has 0 aliphatic carbocycles. The molecule has 0 aliphatic rings. The molecule has 0 aromatic heterocycles. The van der Waals surface area contributed by atoms with Crippen LogP contribution in [0, 0.1) is 0 Å². The van der Waals surface area contributed by atoms with Crippen molar-refractivity contribution in [3.05, 3.63) is 34.9 Å². The maximum atomic E-state index is 12.7. The first kappa shape index (κ1) is 10.2. The second-order valence-corrected chi connectivity index (χ2v) is 2.86. The summed E-state index contributed by atoms with van der Waals surface area (Å²) in [6.07, 6.45) is -1.92. The van der Waals surface area contributed by atoms with Crippen molar-refractivity contribution in [1.82, 2.24) is 0 Å². The summed E-state index contributed by atoms with van der Waals surface area (Å²) in [6.45, 7) is 0. The summed E-state index contributed by atoms with van der Waals surface area (Å²) in [7, 11) is 1.13. The van der Waals surface area contributed by atoms with Crippen LogP contribution in [0.25, 0.3) is 0 Å². The Hall–Kier alpha value is -0.930. The molecule has 0 saturated carbocycles. The highest BCUT2D eigenvalue weighted by molar-refractivity contribution is 6.31. The largest absolute Gasteiger partial charge is 0.345 e. The molecule has 70 valence electrons. The van der Waals surface area contributed by atoms with Crippen molar-refractivity contribution in [3.8, 4) is 0 Å². The molecule has 1 aromatic rings. The molecule has 2 nitrogen and oxygen atoms in total. The van der Waals surface area contributed by atoms with Gasteiger partial charge in [-0.25, -0.2) is 4.39 Å². The summed E-state index contributed by atoms with van der Waals surface area (Å²) in [5, 5.41) is 0.397. The molecule has 1 rings (SSSR count). The van der Waals surface area contributed by atoms with Gasteiger partial charge in [0.2, 0.25) is 5.78 Å². The number of methoxy groups -OCH3 is 1. The number of Topliss-reactive ketones (excluding diaryl/α,β-unsaturated/α-hetero) is 1. The number of ketones is 1. The monoisotopic (exact) mass is 202 g/mol. The Kier molecular flexibility index (Phi) is 3.39. The number of ether oxygens (including phenoxy) is 1. The number of hydrogen-bond donors (Lipinski definition) is 0. The number of benzene rings is 1. The number of halogens is 2. The molecule has 1 unspecified atom stereocenters. The number of alkyl halides is 1. The van der Waals surface area contributed by atoms with Gasteiger partial charge in [-0.3, -0.25) is 4.79 Å². The van der Waals surface area contributed by atoms with E-state index in [2.05, 4.69) is 4.74 Å². The van der Waals surface area contributed by atoms with E-state index in [0.29, 0.717) is 5.02 Å². The van der Waals surface area contributed by atoms with E-state index >= 15 is 0 Å². The summed E-state index contributed by atoms with van der Waals surface area (Å²) < 4.78 is 17.0. The first-order valence-corrected chi connectivity index (χ1v) is 3.99. The predicted octanol–water partition coefficient (Wildman–Crippen LogP) is 2.46. The minimum Gasteiger partial charge on any atom is -0.345 e. The number of hydrogen-bond acceptors (Lipinski definition) is 2. The molecule has 0 radical (unpaired) electrons. The lowest BCUT2D eigenvalue weighted by Gasteiger charge is -2.04. The van der Waals surface area contributed by atoms with Gasteiger partial charge in [-0.15, -0.1) is 0 Å². The quantitative estimate of drug-likeness (QED) is 0.704. The lowest BCUT2D eigenvalue weighted by molar-refractivity contribution is 0.00543. The van der Waals surface area contributed by atoms with Crippen molar-refractivity contribution >= 4 is 17.4 Å². The van der Waals surface area contributed by atoms with Gasteiger partial charge in [0.1, 0.15) is 0 Å². The van der Waals surface area contributed by atoms with Crippen molar-refractivity contribution in [2.24, 2.45) is 0 Å². The Morgan fingerprint density at radius 3 is 2.85 bits per heavy atom. The number of carbonyl (C=O) groups excluding carboxylic acids is 1. The van der Waals surface area contributed by atoms with Crippen molar-refractivity contribution in [2.45, 2.75) is 6.36 Å². The fourth-order valence-corrected chi connectivity index (χ4v) is 1.07. The van der Waals surface area contributed by atoms with E-state index in [1.54, 1.807) is 12.1 Å². The standard InChI is InChI=1S/C9H8ClFO2/c1-13-9(11)8(12)6-3-2-4-7(10)5-6/h2-5,9H,1H3. The fourth-order valence-electron chi connectivity index (χ4n) is 0.880. The highest BCUT2D eigenvalue weighted by atomic mass is 35.5. The second-order valence-electron chi connectivity index (χ2n) is 2.43. The van der Waals surface area contributed by atoms with E-state index in [-0.39, 0.29) is 5.56 Å². The molecule has 1 atom stereocenters. The minimum atomic E-state index is -1.92. The van der Waals surface area contributed by atoms with Crippen LogP contribution in [-0.2, 0) is 4.74 Å². The third-order valence-electron chi connectivity index (χ3n) is 1.52. The van der Waals surface area contributed by atoms with Crippen LogP contribution in [0.2, 0.25) is 5.02 Å². The molecule has 0 fully saturated rings. The maximum Gasteiger partial charge on any atom is 0.262 e. The lowest BCUT2D eigenvalue weighted by atomic mass is 10.1. The van der Waals surface area contributed by atoms with Gasteiger partial charge in [-0.2, -0.15) is 0 Å². The molecule has 0 saturated heterocycles. The van der Waals surface area contributed by atoms with Crippen LogP contribution in [0.1, 0.15) is 10.4 Å². The zero-order chi connectivity index (χ0) is 9.84. The molecular weight excluding hydrogens is 195 g/mol. The summed E-state index contributed by atoms with van der Waals surface area (Å²) in [5.74, 6) is -0.718. The number of carbonyl (C=O) groups is 1. The van der Waals surface area contributed by atoms with Crippen molar-refractivity contribution in [3.63, 3.8) is 0 Å². The molecule has 4 heteroatoms. The smallest absolute Gasteiger partial charge is 0.262 e. The normalized spacial score (nSPS) is 12.5. The Bertz CT molecular complexity index is 314. The second kappa shape index (κ2) is 4.35. The van der Waals surface area contributed by atoms with Gasteiger partial charge >= 0.3 is 0 Å². The predicted molar refractivity (Wildman–Crippen MR) is 47.7 cm³/mol. The van der Waals surface area contributed by atoms with E-state index in [1.165, 1.54) is 12.1 Å². The summed E-state index contributed by atoms with van der Waals surface area (Å²) in [4.78, 5) is 11.2. The van der Waals surface area contributed by atoms with Gasteiger partial charge in [-0.05, 0) is 12.1 Å². The highest BCUT2D eigenvalue weighted by Crippen LogP contribution is 2.13. The summed E-state index contributed by atoms with van der Waals surface area (Å²) >= 11 is 5.62. The molecule has 0 bridgehead atoms. The van der Waals surface area contributed by atoms with E-state index in [1.807, 2.05) is 0 Å². The SMILES string of the molecule is COC(F)C(=O)c1cccc(Cl)c1. The zero-order valence-electron chi connectivity index (χ0n) is 6.96. The van der Waals surface area contributed by atoms with Crippen LogP contribution in [0.3, 0.4) is 0 Å². The van der Waals surface area contributed by atoms with Gasteiger partial charge < -0.3 is 4.74 Å². The van der Waals surface area contributed by atoms with Gasteiger partial charge in [0, 0.05) is 17.7 Å². The van der Waals surface area contributed by atoms with E-state index in [9.17, 15) is 9.18 Å². The van der Waals surface area contributed by atoms with Gasteiger partial charge in [0.05, 0.1) is 0 Å². The molecule has 0 heterocycles. The van der Waals surface area contributed by atoms with Crippen LogP contribution < -0.4 is 0 Å². The molecule has 0 aliphatic heterocycles. The Morgan fingerprint density at radius 2 is 2.31 bits per heavy atom. The fraction of sp³-hybridized carbons (Fsp3) is 0.222. The third-order valence-corrected chi connectivity index (χ3v) is 1.76. The van der Waals surface area contributed by atoms with Gasteiger partial charge in [0.15, 0.2) is 0 Å². The molecule has 0 N–H and O–H groups in total. The number of rotatable bonds is 3. The van der Waals surface area contributed by atoms with E-state index in [4.69, 9.17) is 11.6 Å². The van der Waals surface area contributed by atoms with Crippen LogP contribution in [0.5, 0.6) is 0 Å². The van der Waals surface area contributed by atoms with Gasteiger partial charge in [-0.1, -0.05) is 23.7 Å². The maximum absolute atomic E-state index is 12.7. The van der Waals surface area contributed by atoms with Crippen LogP contribution in [-0.4, -0.2) is 19.3 Å². The Labute approximate surface area is 80.3 Å². The Morgan fingerprint density at radius 1 is 1.62 bits per heavy atom. The average molecular weight is 203 g/mol. The third kappa shape index (κ3) is 2.50. The van der Waals surface area contributed by atoms with E-state index < -0.39 is 12.1 Å². The Balaban J connectivity index is 2.89. The zero-order valence-corrected chi connectivity index (χ0v) is 7.72. The summed E-state index contributed by atoms with van der Waals surface area (Å²) in [5.41, 5.74) is 0.210. The van der Waals surface area contributed by atoms with Gasteiger partial charge in [0.25, 0.3) is 6.36 Å². The van der Waals surface area contributed by atoms with Crippen molar-refractivity contribution in [2.75, 3.05) is 7.11 Å². The summed E-state index contributed by atoms with van der Waals surface area (Å²) in [6, 6.07) is 6.08. The molecular formula is C9H8ClFO2. The average Bonchev–Trinajstić information content (AvgIpc) is 2.15. The minimum absolute atomic E-state index is 0.210. The van der Waals surface area contributed by atoms with Crippen LogP contribution in [0.4, 0.5) is 4.39 Å². The molecule has 1 aromatic carbocycles. The molecule has 0 amide bonds. The van der Waals surface area contributed by atoms with Crippen molar-refractivity contribution < 1.29 is 13.9 Å². The van der Waals surface area contributed by atoms with Crippen LogP contribution in [0.15, 0.2) is 24.3 Å². The lowest BCUT2D eigenvalue weighted by Crippen LogP contribution is -2.17. The highest BCUT2D eigenvalue weighted by Gasteiger charge is 2.17.